The summed E-state index contributed by atoms with van der Waals surface area (Å²) in [7, 11) is 2.18. The first-order chi connectivity index (χ1) is 8.56. The molecule has 1 unspecified atom stereocenters. The van der Waals surface area contributed by atoms with Crippen LogP contribution in [-0.2, 0) is 6.42 Å². The van der Waals surface area contributed by atoms with Crippen LogP contribution in [0.15, 0.2) is 22.7 Å². The molecule has 0 aromatic heterocycles. The van der Waals surface area contributed by atoms with Crippen LogP contribution in [-0.4, -0.2) is 44.2 Å². The number of benzene rings is 1. The van der Waals surface area contributed by atoms with Crippen molar-refractivity contribution in [3.8, 4) is 0 Å². The predicted molar refractivity (Wildman–Crippen MR) is 81.2 cm³/mol. The Bertz CT molecular complexity index is 398. The van der Waals surface area contributed by atoms with Gasteiger partial charge in [-0.3, -0.25) is 0 Å². The molecular formula is C14H22BrN3. The average Bonchev–Trinajstić information content (AvgIpc) is 2.30. The van der Waals surface area contributed by atoms with Crippen LogP contribution in [0.2, 0.25) is 0 Å². The molecule has 1 fully saturated rings. The summed E-state index contributed by atoms with van der Waals surface area (Å²) in [6.45, 7) is 6.53. The topological polar surface area (TPSA) is 32.5 Å². The van der Waals surface area contributed by atoms with Gasteiger partial charge in [0.2, 0.25) is 0 Å². The van der Waals surface area contributed by atoms with E-state index >= 15 is 0 Å². The lowest BCUT2D eigenvalue weighted by Crippen LogP contribution is -2.45. The van der Waals surface area contributed by atoms with E-state index in [9.17, 15) is 0 Å². The molecule has 1 aromatic carbocycles. The summed E-state index contributed by atoms with van der Waals surface area (Å²) in [5.41, 5.74) is 8.65. The summed E-state index contributed by atoms with van der Waals surface area (Å²) < 4.78 is 1.14. The molecule has 3 nitrogen and oxygen atoms in total. The van der Waals surface area contributed by atoms with Gasteiger partial charge in [-0.2, -0.15) is 0 Å². The Kier molecular flexibility index (Phi) is 4.65. The minimum atomic E-state index is 0.200. The van der Waals surface area contributed by atoms with Crippen LogP contribution in [0.5, 0.6) is 0 Å². The quantitative estimate of drug-likeness (QED) is 0.928. The lowest BCUT2D eigenvalue weighted by molar-refractivity contribution is 0.312. The first kappa shape index (κ1) is 13.8. The van der Waals surface area contributed by atoms with Crippen molar-refractivity contribution in [2.75, 3.05) is 38.1 Å². The van der Waals surface area contributed by atoms with Crippen molar-refractivity contribution in [3.05, 3.63) is 28.2 Å². The van der Waals surface area contributed by atoms with Gasteiger partial charge < -0.3 is 15.5 Å². The Labute approximate surface area is 118 Å². The molecule has 0 amide bonds. The van der Waals surface area contributed by atoms with Gasteiger partial charge in [-0.25, -0.2) is 0 Å². The molecule has 0 spiro atoms. The van der Waals surface area contributed by atoms with Crippen LogP contribution in [0.3, 0.4) is 0 Å². The Morgan fingerprint density at radius 1 is 1.28 bits per heavy atom. The summed E-state index contributed by atoms with van der Waals surface area (Å²) >= 11 is 3.55. The van der Waals surface area contributed by atoms with E-state index in [2.05, 4.69) is 57.9 Å². The van der Waals surface area contributed by atoms with Crippen LogP contribution in [0, 0.1) is 0 Å². The van der Waals surface area contributed by atoms with Crippen LogP contribution >= 0.6 is 15.9 Å². The standard InChI is InChI=1S/C14H22BrN3/c1-11(16)9-12-10-13(15)3-4-14(12)18-7-5-17(2)6-8-18/h3-4,10-11H,5-9,16H2,1-2H3. The maximum atomic E-state index is 5.95. The number of piperazine rings is 1. The number of anilines is 1. The fourth-order valence-electron chi connectivity index (χ4n) is 2.42. The summed E-state index contributed by atoms with van der Waals surface area (Å²) in [6.07, 6.45) is 0.932. The van der Waals surface area contributed by atoms with E-state index in [1.807, 2.05) is 0 Å². The van der Waals surface area contributed by atoms with E-state index in [4.69, 9.17) is 5.73 Å². The molecule has 1 atom stereocenters. The van der Waals surface area contributed by atoms with Gasteiger partial charge in [0.15, 0.2) is 0 Å². The highest BCUT2D eigenvalue weighted by molar-refractivity contribution is 9.10. The van der Waals surface area contributed by atoms with Gasteiger partial charge in [-0.05, 0) is 44.2 Å². The van der Waals surface area contributed by atoms with E-state index in [1.54, 1.807) is 0 Å². The molecule has 18 heavy (non-hydrogen) atoms. The van der Waals surface area contributed by atoms with Gasteiger partial charge in [0, 0.05) is 42.4 Å². The average molecular weight is 312 g/mol. The molecule has 0 radical (unpaired) electrons. The molecule has 1 heterocycles. The van der Waals surface area contributed by atoms with Crippen molar-refractivity contribution in [1.29, 1.82) is 0 Å². The number of nitrogens with two attached hydrogens (primary N) is 1. The molecule has 0 saturated carbocycles. The number of hydrogen-bond donors (Lipinski definition) is 1. The van der Waals surface area contributed by atoms with Gasteiger partial charge in [-0.1, -0.05) is 15.9 Å². The van der Waals surface area contributed by atoms with Gasteiger partial charge in [0.05, 0.1) is 0 Å². The highest BCUT2D eigenvalue weighted by Crippen LogP contribution is 2.26. The third-order valence-corrected chi connectivity index (χ3v) is 3.92. The maximum Gasteiger partial charge on any atom is 0.0401 e. The molecule has 2 N–H and O–H groups in total. The number of hydrogen-bond acceptors (Lipinski definition) is 3. The van der Waals surface area contributed by atoms with E-state index in [1.165, 1.54) is 11.3 Å². The summed E-state index contributed by atoms with van der Waals surface area (Å²) in [5, 5.41) is 0. The third-order valence-electron chi connectivity index (χ3n) is 3.43. The zero-order chi connectivity index (χ0) is 13.1. The first-order valence-corrected chi connectivity index (χ1v) is 7.33. The monoisotopic (exact) mass is 311 g/mol. The molecule has 1 aliphatic rings. The van der Waals surface area contributed by atoms with Gasteiger partial charge in [0.25, 0.3) is 0 Å². The fraction of sp³-hybridized carbons (Fsp3) is 0.571. The highest BCUT2D eigenvalue weighted by atomic mass is 79.9. The van der Waals surface area contributed by atoms with Crippen LogP contribution in [0.1, 0.15) is 12.5 Å². The second kappa shape index (κ2) is 6.04. The SMILES string of the molecule is CC(N)Cc1cc(Br)ccc1N1CCN(C)CC1. The largest absolute Gasteiger partial charge is 0.369 e. The molecule has 1 aliphatic heterocycles. The summed E-state index contributed by atoms with van der Waals surface area (Å²) in [5.74, 6) is 0. The highest BCUT2D eigenvalue weighted by Gasteiger charge is 2.17. The minimum absolute atomic E-state index is 0.200. The summed E-state index contributed by atoms with van der Waals surface area (Å²) in [4.78, 5) is 4.85. The second-order valence-corrected chi connectivity index (χ2v) is 6.16. The van der Waals surface area contributed by atoms with Crippen LogP contribution in [0.4, 0.5) is 5.69 Å². The Balaban J connectivity index is 2.20. The van der Waals surface area contributed by atoms with Crippen LogP contribution in [0.25, 0.3) is 0 Å². The van der Waals surface area contributed by atoms with Crippen molar-refractivity contribution >= 4 is 21.6 Å². The molecule has 100 valence electrons. The number of likely N-dealkylation sites (N-methyl/N-ethyl adjacent to an activating group) is 1. The van der Waals surface area contributed by atoms with Crippen molar-refractivity contribution < 1.29 is 0 Å². The lowest BCUT2D eigenvalue weighted by atomic mass is 10.0. The predicted octanol–water partition coefficient (Wildman–Crippen LogP) is 2.09. The van der Waals surface area contributed by atoms with Gasteiger partial charge in [-0.15, -0.1) is 0 Å². The van der Waals surface area contributed by atoms with Crippen LogP contribution < -0.4 is 10.6 Å². The van der Waals surface area contributed by atoms with E-state index in [0.717, 1.165) is 37.1 Å². The molecule has 1 aromatic rings. The van der Waals surface area contributed by atoms with E-state index in [-0.39, 0.29) is 6.04 Å². The molecule has 2 rings (SSSR count). The van der Waals surface area contributed by atoms with Crippen molar-refractivity contribution in [2.45, 2.75) is 19.4 Å². The Hall–Kier alpha value is -0.580. The number of halogens is 1. The fourth-order valence-corrected chi connectivity index (χ4v) is 2.83. The zero-order valence-corrected chi connectivity index (χ0v) is 12.8. The number of rotatable bonds is 3. The van der Waals surface area contributed by atoms with Gasteiger partial charge >= 0.3 is 0 Å². The second-order valence-electron chi connectivity index (χ2n) is 5.24. The van der Waals surface area contributed by atoms with E-state index < -0.39 is 0 Å². The number of nitrogens with zero attached hydrogens (tertiary/aromatic N) is 2. The van der Waals surface area contributed by atoms with Crippen molar-refractivity contribution in [2.24, 2.45) is 5.73 Å². The normalized spacial score (nSPS) is 19.0. The Morgan fingerprint density at radius 3 is 2.56 bits per heavy atom. The molecule has 1 saturated heterocycles. The molecule has 0 aliphatic carbocycles. The molecular weight excluding hydrogens is 290 g/mol. The molecule has 0 bridgehead atoms. The third kappa shape index (κ3) is 3.46. The Morgan fingerprint density at radius 2 is 1.94 bits per heavy atom. The zero-order valence-electron chi connectivity index (χ0n) is 11.2. The first-order valence-electron chi connectivity index (χ1n) is 6.54. The minimum Gasteiger partial charge on any atom is -0.369 e. The smallest absolute Gasteiger partial charge is 0.0401 e. The van der Waals surface area contributed by atoms with Crippen molar-refractivity contribution in [3.63, 3.8) is 0 Å². The van der Waals surface area contributed by atoms with E-state index in [0.29, 0.717) is 0 Å². The van der Waals surface area contributed by atoms with Gasteiger partial charge in [0.1, 0.15) is 0 Å². The molecule has 4 heteroatoms. The van der Waals surface area contributed by atoms with Crippen molar-refractivity contribution in [1.82, 2.24) is 4.90 Å². The lowest BCUT2D eigenvalue weighted by Gasteiger charge is -2.35. The summed E-state index contributed by atoms with van der Waals surface area (Å²) in [6, 6.07) is 6.74. The maximum absolute atomic E-state index is 5.95.